The number of likely N-dealkylation sites (tertiary alicyclic amines) is 1. The Labute approximate surface area is 121 Å². The van der Waals surface area contributed by atoms with Crippen molar-refractivity contribution in [3.8, 4) is 0 Å². The number of carbonyl (C=O) groups is 1. The van der Waals surface area contributed by atoms with Crippen molar-refractivity contribution in [1.82, 2.24) is 4.90 Å². The number of carbonyl (C=O) groups excluding carboxylic acids is 1. The highest BCUT2D eigenvalue weighted by Gasteiger charge is 2.36. The van der Waals surface area contributed by atoms with E-state index < -0.39 is 17.6 Å². The maximum atomic E-state index is 12.9. The summed E-state index contributed by atoms with van der Waals surface area (Å²) in [5.74, 6) is -0.594. The molecule has 0 aromatic heterocycles. The van der Waals surface area contributed by atoms with Crippen LogP contribution in [0, 0.1) is 0 Å². The van der Waals surface area contributed by atoms with Crippen molar-refractivity contribution in [3.05, 3.63) is 35.4 Å². The Hall–Kier alpha value is -1.27. The van der Waals surface area contributed by atoms with Gasteiger partial charge in [0, 0.05) is 19.1 Å². The summed E-state index contributed by atoms with van der Waals surface area (Å²) in [6, 6.07) is 4.70. The lowest BCUT2D eigenvalue weighted by atomic mass is 10.0. The number of halogens is 4. The van der Waals surface area contributed by atoms with Gasteiger partial charge in [-0.25, -0.2) is 0 Å². The molecule has 112 valence electrons. The maximum Gasteiger partial charge on any atom is 0.417 e. The average molecular weight is 309 g/mol. The molecule has 0 radical (unpaired) electrons. The minimum atomic E-state index is -4.52. The zero-order chi connectivity index (χ0) is 14.0. The van der Waals surface area contributed by atoms with E-state index in [-0.39, 0.29) is 24.0 Å². The van der Waals surface area contributed by atoms with Crippen molar-refractivity contribution in [2.45, 2.75) is 25.1 Å². The van der Waals surface area contributed by atoms with Crippen LogP contribution in [0.25, 0.3) is 0 Å². The molecular formula is C13H16ClF3N2O. The Balaban J connectivity index is 0.00000200. The standard InChI is InChI=1S/C13H15F3N2O.ClH/c14-13(15,16)11-6-2-1-5-10(11)12(19)18-7-3-4-9(17)8-18;/h1-2,5-6,9H,3-4,7-8,17H2;1H. The molecule has 20 heavy (non-hydrogen) atoms. The lowest BCUT2D eigenvalue weighted by Crippen LogP contribution is -2.46. The van der Waals surface area contributed by atoms with Crippen molar-refractivity contribution < 1.29 is 18.0 Å². The third kappa shape index (κ3) is 3.64. The second kappa shape index (κ2) is 6.45. The van der Waals surface area contributed by atoms with Crippen LogP contribution in [0.5, 0.6) is 0 Å². The monoisotopic (exact) mass is 308 g/mol. The molecule has 2 N–H and O–H groups in total. The van der Waals surface area contributed by atoms with Gasteiger partial charge in [-0.15, -0.1) is 12.4 Å². The molecule has 3 nitrogen and oxygen atoms in total. The first-order chi connectivity index (χ1) is 8.89. The van der Waals surface area contributed by atoms with Crippen LogP contribution in [0.3, 0.4) is 0 Å². The van der Waals surface area contributed by atoms with Gasteiger partial charge in [-0.2, -0.15) is 13.2 Å². The van der Waals surface area contributed by atoms with Gasteiger partial charge >= 0.3 is 6.18 Å². The van der Waals surface area contributed by atoms with Gasteiger partial charge in [0.25, 0.3) is 5.91 Å². The van der Waals surface area contributed by atoms with Crippen LogP contribution >= 0.6 is 12.4 Å². The summed E-state index contributed by atoms with van der Waals surface area (Å²) in [4.78, 5) is 13.6. The lowest BCUT2D eigenvalue weighted by molar-refractivity contribution is -0.138. The van der Waals surface area contributed by atoms with E-state index >= 15 is 0 Å². The molecular weight excluding hydrogens is 293 g/mol. The minimum absolute atomic E-state index is 0. The van der Waals surface area contributed by atoms with Crippen LogP contribution in [0.2, 0.25) is 0 Å². The SMILES string of the molecule is Cl.NC1CCCN(C(=O)c2ccccc2C(F)(F)F)C1. The Morgan fingerprint density at radius 3 is 2.55 bits per heavy atom. The molecule has 1 unspecified atom stereocenters. The number of amides is 1. The summed E-state index contributed by atoms with van der Waals surface area (Å²) in [6.45, 7) is 0.768. The largest absolute Gasteiger partial charge is 0.417 e. The number of hydrogen-bond donors (Lipinski definition) is 1. The molecule has 7 heteroatoms. The van der Waals surface area contributed by atoms with Gasteiger partial charge in [0.1, 0.15) is 0 Å². The van der Waals surface area contributed by atoms with E-state index in [0.717, 1.165) is 18.9 Å². The van der Waals surface area contributed by atoms with Gasteiger partial charge < -0.3 is 10.6 Å². The van der Waals surface area contributed by atoms with Crippen molar-refractivity contribution in [2.75, 3.05) is 13.1 Å². The van der Waals surface area contributed by atoms with Crippen LogP contribution in [0.4, 0.5) is 13.2 Å². The van der Waals surface area contributed by atoms with Gasteiger partial charge in [0.15, 0.2) is 0 Å². The predicted octanol–water partition coefficient (Wildman–Crippen LogP) is 2.69. The predicted molar refractivity (Wildman–Crippen MR) is 71.8 cm³/mol. The Morgan fingerprint density at radius 1 is 1.30 bits per heavy atom. The van der Waals surface area contributed by atoms with Gasteiger partial charge in [-0.3, -0.25) is 4.79 Å². The van der Waals surface area contributed by atoms with E-state index in [1.54, 1.807) is 0 Å². The third-order valence-electron chi connectivity index (χ3n) is 3.21. The molecule has 1 amide bonds. The molecule has 0 aliphatic carbocycles. The molecule has 1 aromatic rings. The van der Waals surface area contributed by atoms with E-state index in [1.165, 1.54) is 23.1 Å². The molecule has 1 aliphatic heterocycles. The van der Waals surface area contributed by atoms with Gasteiger partial charge in [0.2, 0.25) is 0 Å². The number of rotatable bonds is 1. The normalized spacial score (nSPS) is 19.4. The number of alkyl halides is 3. The Kier molecular flexibility index (Phi) is 5.42. The Bertz CT molecular complexity index is 479. The molecule has 1 heterocycles. The summed E-state index contributed by atoms with van der Waals surface area (Å²) < 4.78 is 38.6. The molecule has 2 rings (SSSR count). The number of piperidine rings is 1. The minimum Gasteiger partial charge on any atom is -0.337 e. The smallest absolute Gasteiger partial charge is 0.337 e. The summed E-state index contributed by atoms with van der Waals surface area (Å²) in [7, 11) is 0. The quantitative estimate of drug-likeness (QED) is 0.867. The molecule has 0 bridgehead atoms. The second-order valence-corrected chi connectivity index (χ2v) is 4.70. The first-order valence-electron chi connectivity index (χ1n) is 6.10. The van der Waals surface area contributed by atoms with E-state index in [4.69, 9.17) is 5.73 Å². The van der Waals surface area contributed by atoms with Crippen LogP contribution < -0.4 is 5.73 Å². The van der Waals surface area contributed by atoms with Crippen LogP contribution in [0.1, 0.15) is 28.8 Å². The first-order valence-corrected chi connectivity index (χ1v) is 6.10. The fourth-order valence-corrected chi connectivity index (χ4v) is 2.28. The maximum absolute atomic E-state index is 12.9. The van der Waals surface area contributed by atoms with Crippen LogP contribution in [0.15, 0.2) is 24.3 Å². The van der Waals surface area contributed by atoms with Gasteiger partial charge in [-0.05, 0) is 25.0 Å². The fraction of sp³-hybridized carbons (Fsp3) is 0.462. The average Bonchev–Trinajstić information content (AvgIpc) is 2.37. The summed E-state index contributed by atoms with van der Waals surface area (Å²) >= 11 is 0. The molecule has 1 aromatic carbocycles. The lowest BCUT2D eigenvalue weighted by Gasteiger charge is -2.31. The summed E-state index contributed by atoms with van der Waals surface area (Å²) in [6.07, 6.45) is -3.00. The van der Waals surface area contributed by atoms with Crippen molar-refractivity contribution in [2.24, 2.45) is 5.73 Å². The highest BCUT2D eigenvalue weighted by Crippen LogP contribution is 2.32. The van der Waals surface area contributed by atoms with Gasteiger partial charge in [-0.1, -0.05) is 12.1 Å². The highest BCUT2D eigenvalue weighted by atomic mass is 35.5. The zero-order valence-corrected chi connectivity index (χ0v) is 11.5. The van der Waals surface area contributed by atoms with Crippen LogP contribution in [-0.4, -0.2) is 29.9 Å². The van der Waals surface area contributed by atoms with Gasteiger partial charge in [0.05, 0.1) is 11.1 Å². The molecule has 1 fully saturated rings. The summed E-state index contributed by atoms with van der Waals surface area (Å²) in [5, 5.41) is 0. The topological polar surface area (TPSA) is 46.3 Å². The number of nitrogens with two attached hydrogens (primary N) is 1. The van der Waals surface area contributed by atoms with Crippen molar-refractivity contribution in [3.63, 3.8) is 0 Å². The molecule has 1 atom stereocenters. The van der Waals surface area contributed by atoms with E-state index in [9.17, 15) is 18.0 Å². The molecule has 1 saturated heterocycles. The fourth-order valence-electron chi connectivity index (χ4n) is 2.28. The van der Waals surface area contributed by atoms with Crippen molar-refractivity contribution >= 4 is 18.3 Å². The number of benzene rings is 1. The number of hydrogen-bond acceptors (Lipinski definition) is 2. The highest BCUT2D eigenvalue weighted by molar-refractivity contribution is 5.96. The summed E-state index contributed by atoms with van der Waals surface area (Å²) in [5.41, 5.74) is 4.56. The van der Waals surface area contributed by atoms with Crippen LogP contribution in [-0.2, 0) is 6.18 Å². The van der Waals surface area contributed by atoms with E-state index in [1.807, 2.05) is 0 Å². The molecule has 0 spiro atoms. The third-order valence-corrected chi connectivity index (χ3v) is 3.21. The first kappa shape index (κ1) is 16.8. The molecule has 1 aliphatic rings. The zero-order valence-electron chi connectivity index (χ0n) is 10.7. The molecule has 0 saturated carbocycles. The number of nitrogens with zero attached hydrogens (tertiary/aromatic N) is 1. The second-order valence-electron chi connectivity index (χ2n) is 4.70. The van der Waals surface area contributed by atoms with Crippen molar-refractivity contribution in [1.29, 1.82) is 0 Å². The Morgan fingerprint density at radius 2 is 1.95 bits per heavy atom. The van der Waals surface area contributed by atoms with E-state index in [0.29, 0.717) is 13.1 Å². The van der Waals surface area contributed by atoms with E-state index in [2.05, 4.69) is 0 Å².